The van der Waals surface area contributed by atoms with Gasteiger partial charge in [-0.15, -0.1) is 21.5 Å². The average Bonchev–Trinajstić information content (AvgIpc) is 3.42. The number of carboxylic acid groups (broad SMARTS) is 1. The van der Waals surface area contributed by atoms with E-state index in [2.05, 4.69) is 21.5 Å². The van der Waals surface area contributed by atoms with Crippen LogP contribution in [0.15, 0.2) is 78.4 Å². The minimum atomic E-state index is -0.983. The third-order valence-electron chi connectivity index (χ3n) is 5.91. The van der Waals surface area contributed by atoms with Crippen molar-refractivity contribution < 1.29 is 19.7 Å². The molecule has 4 aromatic rings. The molecule has 2 N–H and O–H groups in total. The minimum Gasteiger partial charge on any atom is -0.508 e. The standard InChI is InChI=1S/C27H24N4O4S/c1-16-13-17(8-12-25(33)34)7-11-22(16)35-26-21-10-9-19(32)15-23(21)36-27(26)20-6-4-3-5-18(20)14-24-28-30-31(2)29-24/h3-13,15-16,22,32H,14H2,1-2H3,(H,33,34)/b12-8+. The van der Waals surface area contributed by atoms with Gasteiger partial charge in [0.1, 0.15) is 17.6 Å². The van der Waals surface area contributed by atoms with Crippen LogP contribution < -0.4 is 4.74 Å². The Labute approximate surface area is 211 Å². The summed E-state index contributed by atoms with van der Waals surface area (Å²) >= 11 is 1.56. The number of carboxylic acids is 1. The van der Waals surface area contributed by atoms with Gasteiger partial charge in [-0.05, 0) is 52.3 Å². The Bertz CT molecular complexity index is 1530. The summed E-state index contributed by atoms with van der Waals surface area (Å²) in [5.74, 6) is 0.601. The van der Waals surface area contributed by atoms with Gasteiger partial charge in [0.05, 0.1) is 11.9 Å². The number of fused-ring (bicyclic) bond motifs is 1. The third-order valence-corrected chi connectivity index (χ3v) is 7.08. The van der Waals surface area contributed by atoms with E-state index >= 15 is 0 Å². The molecule has 0 amide bonds. The molecule has 8 nitrogen and oxygen atoms in total. The molecule has 2 aromatic heterocycles. The van der Waals surface area contributed by atoms with E-state index in [1.165, 1.54) is 4.80 Å². The number of phenols is 1. The second-order valence-corrected chi connectivity index (χ2v) is 9.66. The Morgan fingerprint density at radius 1 is 1.25 bits per heavy atom. The molecule has 1 aliphatic rings. The molecule has 36 heavy (non-hydrogen) atoms. The molecular weight excluding hydrogens is 476 g/mol. The van der Waals surface area contributed by atoms with Gasteiger partial charge in [-0.3, -0.25) is 0 Å². The highest BCUT2D eigenvalue weighted by molar-refractivity contribution is 7.22. The van der Waals surface area contributed by atoms with Crippen LogP contribution in [0.2, 0.25) is 0 Å². The number of ether oxygens (including phenoxy) is 1. The van der Waals surface area contributed by atoms with Gasteiger partial charge in [0.25, 0.3) is 0 Å². The Kier molecular flexibility index (Phi) is 6.39. The molecule has 0 saturated carbocycles. The van der Waals surface area contributed by atoms with Gasteiger partial charge in [0.15, 0.2) is 5.82 Å². The number of carbonyl (C=O) groups is 1. The Balaban J connectivity index is 1.54. The van der Waals surface area contributed by atoms with Crippen LogP contribution >= 0.6 is 11.3 Å². The van der Waals surface area contributed by atoms with Gasteiger partial charge in [-0.2, -0.15) is 4.80 Å². The number of rotatable bonds is 7. The maximum Gasteiger partial charge on any atom is 0.328 e. The van der Waals surface area contributed by atoms with Gasteiger partial charge < -0.3 is 14.9 Å². The molecule has 0 fully saturated rings. The van der Waals surface area contributed by atoms with E-state index < -0.39 is 5.97 Å². The lowest BCUT2D eigenvalue weighted by atomic mass is 9.94. The highest BCUT2D eigenvalue weighted by atomic mass is 32.1. The number of hydrogen-bond acceptors (Lipinski definition) is 7. The number of phenolic OH excluding ortho intramolecular Hbond substituents is 1. The number of aromatic hydroxyl groups is 1. The van der Waals surface area contributed by atoms with Crippen molar-refractivity contribution >= 4 is 27.4 Å². The van der Waals surface area contributed by atoms with Crippen LogP contribution in [0.3, 0.4) is 0 Å². The first-order valence-corrected chi connectivity index (χ1v) is 12.2. The van der Waals surface area contributed by atoms with E-state index in [1.807, 2.05) is 49.4 Å². The molecule has 0 bridgehead atoms. The first kappa shape index (κ1) is 23.5. The molecule has 0 saturated heterocycles. The highest BCUT2D eigenvalue weighted by Gasteiger charge is 2.24. The fourth-order valence-corrected chi connectivity index (χ4v) is 5.44. The molecule has 0 aliphatic heterocycles. The van der Waals surface area contributed by atoms with Crippen LogP contribution in [0.5, 0.6) is 11.5 Å². The summed E-state index contributed by atoms with van der Waals surface area (Å²) in [6.45, 7) is 2.04. The number of tetrazole rings is 1. The lowest BCUT2D eigenvalue weighted by Crippen LogP contribution is -2.23. The molecule has 2 unspecified atom stereocenters. The predicted octanol–water partition coefficient (Wildman–Crippen LogP) is 4.91. The van der Waals surface area contributed by atoms with Crippen molar-refractivity contribution in [2.24, 2.45) is 13.0 Å². The summed E-state index contributed by atoms with van der Waals surface area (Å²) < 4.78 is 7.56. The summed E-state index contributed by atoms with van der Waals surface area (Å²) in [4.78, 5) is 13.3. The number of thiophene rings is 1. The molecule has 182 valence electrons. The van der Waals surface area contributed by atoms with Crippen molar-refractivity contribution in [3.63, 3.8) is 0 Å². The molecule has 1 aliphatic carbocycles. The maximum absolute atomic E-state index is 10.9. The molecular formula is C27H24N4O4S. The predicted molar refractivity (Wildman–Crippen MR) is 138 cm³/mol. The first-order valence-electron chi connectivity index (χ1n) is 11.4. The van der Waals surface area contributed by atoms with Crippen LogP contribution in [0.4, 0.5) is 0 Å². The SMILES string of the molecule is CC1C=C(/C=C/C(=O)O)C=CC1Oc1c(-c2ccccc2Cc2nnn(C)n2)sc2cc(O)ccc12. The van der Waals surface area contributed by atoms with E-state index in [0.29, 0.717) is 12.2 Å². The molecule has 0 radical (unpaired) electrons. The first-order chi connectivity index (χ1) is 17.4. The van der Waals surface area contributed by atoms with Crippen LogP contribution in [0.25, 0.3) is 20.5 Å². The van der Waals surface area contributed by atoms with Crippen LogP contribution in [-0.4, -0.2) is 42.5 Å². The zero-order valence-electron chi connectivity index (χ0n) is 19.7. The molecule has 2 aromatic carbocycles. The topological polar surface area (TPSA) is 110 Å². The smallest absolute Gasteiger partial charge is 0.328 e. The quantitative estimate of drug-likeness (QED) is 0.347. The van der Waals surface area contributed by atoms with E-state index in [-0.39, 0.29) is 17.8 Å². The number of allylic oxidation sites excluding steroid dienone is 3. The zero-order chi connectivity index (χ0) is 25.2. The monoisotopic (exact) mass is 500 g/mol. The average molecular weight is 501 g/mol. The van der Waals surface area contributed by atoms with Crippen molar-refractivity contribution in [2.75, 3.05) is 0 Å². The number of benzene rings is 2. The second kappa shape index (κ2) is 9.79. The van der Waals surface area contributed by atoms with Crippen LogP contribution in [0.1, 0.15) is 18.3 Å². The van der Waals surface area contributed by atoms with Crippen LogP contribution in [0, 0.1) is 5.92 Å². The number of aryl methyl sites for hydroxylation is 1. The van der Waals surface area contributed by atoms with E-state index in [0.717, 1.165) is 43.5 Å². The summed E-state index contributed by atoms with van der Waals surface area (Å²) in [6, 6.07) is 13.4. The lowest BCUT2D eigenvalue weighted by Gasteiger charge is -2.24. The van der Waals surface area contributed by atoms with Gasteiger partial charge >= 0.3 is 5.97 Å². The number of aliphatic carboxylic acids is 1. The van der Waals surface area contributed by atoms with Gasteiger partial charge in [0, 0.05) is 28.5 Å². The summed E-state index contributed by atoms with van der Waals surface area (Å²) in [5.41, 5.74) is 2.87. The van der Waals surface area contributed by atoms with Gasteiger partial charge in [-0.1, -0.05) is 43.3 Å². The Morgan fingerprint density at radius 3 is 2.83 bits per heavy atom. The summed E-state index contributed by atoms with van der Waals surface area (Å²) in [5, 5.41) is 32.4. The van der Waals surface area contributed by atoms with Crippen molar-refractivity contribution in [3.05, 3.63) is 89.8 Å². The Hall–Kier alpha value is -4.24. The summed E-state index contributed by atoms with van der Waals surface area (Å²) in [6.07, 6.45) is 8.81. The van der Waals surface area contributed by atoms with Crippen molar-refractivity contribution in [3.8, 4) is 21.9 Å². The number of aromatic nitrogens is 4. The largest absolute Gasteiger partial charge is 0.508 e. The van der Waals surface area contributed by atoms with Crippen molar-refractivity contribution in [1.82, 2.24) is 20.2 Å². The van der Waals surface area contributed by atoms with E-state index in [9.17, 15) is 9.90 Å². The second-order valence-electron chi connectivity index (χ2n) is 8.61. The van der Waals surface area contributed by atoms with E-state index in [4.69, 9.17) is 9.84 Å². The fourth-order valence-electron chi connectivity index (χ4n) is 4.21. The maximum atomic E-state index is 10.9. The molecule has 5 rings (SSSR count). The molecule has 9 heteroatoms. The van der Waals surface area contributed by atoms with E-state index in [1.54, 1.807) is 36.6 Å². The lowest BCUT2D eigenvalue weighted by molar-refractivity contribution is -0.131. The Morgan fingerprint density at radius 2 is 2.08 bits per heavy atom. The fraction of sp³-hybridized carbons (Fsp3) is 0.185. The van der Waals surface area contributed by atoms with Crippen LogP contribution in [-0.2, 0) is 18.3 Å². The third kappa shape index (κ3) is 4.92. The zero-order valence-corrected chi connectivity index (χ0v) is 20.5. The normalized spacial score (nSPS) is 17.6. The number of hydrogen-bond donors (Lipinski definition) is 2. The van der Waals surface area contributed by atoms with Crippen molar-refractivity contribution in [2.45, 2.75) is 19.4 Å². The number of nitrogens with zero attached hydrogens (tertiary/aromatic N) is 4. The van der Waals surface area contributed by atoms with Gasteiger partial charge in [0.2, 0.25) is 0 Å². The van der Waals surface area contributed by atoms with Gasteiger partial charge in [-0.25, -0.2) is 4.79 Å². The molecule has 2 heterocycles. The minimum absolute atomic E-state index is 0.0161. The summed E-state index contributed by atoms with van der Waals surface area (Å²) in [7, 11) is 1.74. The molecule has 0 spiro atoms. The molecule has 2 atom stereocenters. The van der Waals surface area contributed by atoms with Crippen molar-refractivity contribution in [1.29, 1.82) is 0 Å². The highest BCUT2D eigenvalue weighted by Crippen LogP contribution is 2.47.